The smallest absolute Gasteiger partial charge is 0.406 e. The third kappa shape index (κ3) is 5.28. The number of hydrogen-bond donors (Lipinski definition) is 1. The van der Waals surface area contributed by atoms with Gasteiger partial charge in [-0.15, -0.1) is 13.2 Å². The van der Waals surface area contributed by atoms with E-state index in [9.17, 15) is 22.8 Å². The van der Waals surface area contributed by atoms with Crippen molar-refractivity contribution < 1.29 is 22.7 Å². The molecule has 156 valence electrons. The lowest BCUT2D eigenvalue weighted by Gasteiger charge is -2.12. The van der Waals surface area contributed by atoms with Gasteiger partial charge in [0.1, 0.15) is 11.3 Å². The largest absolute Gasteiger partial charge is 0.573 e. The normalized spacial score (nSPS) is 11.2. The first-order valence-electron chi connectivity index (χ1n) is 9.05. The summed E-state index contributed by atoms with van der Waals surface area (Å²) in [6.45, 7) is 4.22. The highest BCUT2D eigenvalue weighted by atomic mass is 19.4. The van der Waals surface area contributed by atoms with Gasteiger partial charge < -0.3 is 14.6 Å². The minimum Gasteiger partial charge on any atom is -0.406 e. The van der Waals surface area contributed by atoms with Crippen molar-refractivity contribution in [3.8, 4) is 5.75 Å². The molecule has 0 saturated heterocycles. The minimum absolute atomic E-state index is 0.0709. The maximum absolute atomic E-state index is 12.8. The number of nitrogens with zero attached hydrogens (tertiary/aromatic N) is 1. The molecule has 0 aliphatic carbocycles. The van der Waals surface area contributed by atoms with Crippen LogP contribution in [-0.2, 0) is 6.54 Å². The molecule has 3 rings (SSSR count). The first kappa shape index (κ1) is 21.2. The molecule has 0 saturated carbocycles. The highest BCUT2D eigenvalue weighted by Crippen LogP contribution is 2.24. The predicted octanol–water partition coefficient (Wildman–Crippen LogP) is 4.66. The van der Waals surface area contributed by atoms with Gasteiger partial charge in [-0.2, -0.15) is 0 Å². The molecule has 0 radical (unpaired) electrons. The molecule has 0 aliphatic rings. The Morgan fingerprint density at radius 1 is 1.07 bits per heavy atom. The fourth-order valence-corrected chi connectivity index (χ4v) is 2.93. The summed E-state index contributed by atoms with van der Waals surface area (Å²) in [5.74, 6) is -1.06. The van der Waals surface area contributed by atoms with E-state index in [4.69, 9.17) is 0 Å². The van der Waals surface area contributed by atoms with E-state index >= 15 is 0 Å². The first-order chi connectivity index (χ1) is 14.1. The number of pyridine rings is 1. The second-order valence-corrected chi connectivity index (χ2v) is 6.81. The number of rotatable bonds is 5. The number of ether oxygens (including phenoxy) is 1. The Hall–Kier alpha value is -3.55. The molecule has 1 amide bonds. The summed E-state index contributed by atoms with van der Waals surface area (Å²) < 4.78 is 41.9. The van der Waals surface area contributed by atoms with Crippen molar-refractivity contribution in [2.45, 2.75) is 26.8 Å². The molecule has 3 aromatic rings. The van der Waals surface area contributed by atoms with Gasteiger partial charge in [0.2, 0.25) is 0 Å². The number of carbonyl (C=O) groups excluding carboxylic acids is 1. The molecule has 2 aromatic carbocycles. The fourth-order valence-electron chi connectivity index (χ4n) is 2.93. The summed E-state index contributed by atoms with van der Waals surface area (Å²) in [6, 6.07) is 13.6. The molecule has 0 fully saturated rings. The summed E-state index contributed by atoms with van der Waals surface area (Å²) in [5, 5.41) is 2.51. The zero-order chi connectivity index (χ0) is 21.9. The molecule has 0 unspecified atom stereocenters. The van der Waals surface area contributed by atoms with Gasteiger partial charge in [0.15, 0.2) is 0 Å². The van der Waals surface area contributed by atoms with Crippen LogP contribution < -0.4 is 15.6 Å². The Kier molecular flexibility index (Phi) is 5.96. The van der Waals surface area contributed by atoms with Gasteiger partial charge in [0, 0.05) is 11.9 Å². The molecule has 0 spiro atoms. The van der Waals surface area contributed by atoms with Crippen molar-refractivity contribution in [3.05, 3.63) is 93.4 Å². The Morgan fingerprint density at radius 2 is 1.77 bits per heavy atom. The quantitative estimate of drug-likeness (QED) is 0.658. The van der Waals surface area contributed by atoms with Crippen LogP contribution in [0.25, 0.3) is 0 Å². The van der Waals surface area contributed by atoms with E-state index in [-0.39, 0.29) is 11.3 Å². The molecule has 8 heteroatoms. The number of aromatic nitrogens is 1. The maximum atomic E-state index is 12.8. The van der Waals surface area contributed by atoms with Crippen molar-refractivity contribution in [1.82, 2.24) is 4.57 Å². The van der Waals surface area contributed by atoms with Crippen molar-refractivity contribution >= 4 is 11.6 Å². The SMILES string of the molecule is Cc1ccc(C)c(Cn2cccc(C(=O)Nc3ccc(OC(F)(F)F)cc3)c2=O)c1. The third-order valence-corrected chi connectivity index (χ3v) is 4.46. The lowest BCUT2D eigenvalue weighted by Crippen LogP contribution is -2.29. The average Bonchev–Trinajstić information content (AvgIpc) is 2.66. The number of benzene rings is 2. The maximum Gasteiger partial charge on any atom is 0.573 e. The lowest BCUT2D eigenvalue weighted by molar-refractivity contribution is -0.274. The van der Waals surface area contributed by atoms with E-state index in [2.05, 4.69) is 10.1 Å². The zero-order valence-electron chi connectivity index (χ0n) is 16.3. The van der Waals surface area contributed by atoms with Gasteiger partial charge in [-0.05, 0) is 61.4 Å². The van der Waals surface area contributed by atoms with Crippen LogP contribution in [0.1, 0.15) is 27.0 Å². The van der Waals surface area contributed by atoms with Gasteiger partial charge in [-0.25, -0.2) is 0 Å². The van der Waals surface area contributed by atoms with Crippen molar-refractivity contribution in [2.75, 3.05) is 5.32 Å². The van der Waals surface area contributed by atoms with Crippen molar-refractivity contribution in [3.63, 3.8) is 0 Å². The molecule has 0 bridgehead atoms. The number of anilines is 1. The van der Waals surface area contributed by atoms with Crippen LogP contribution in [0.2, 0.25) is 0 Å². The number of nitrogens with one attached hydrogen (secondary N) is 1. The summed E-state index contributed by atoms with van der Waals surface area (Å²) in [7, 11) is 0. The number of carbonyl (C=O) groups is 1. The molecule has 30 heavy (non-hydrogen) atoms. The predicted molar refractivity (Wildman–Crippen MR) is 107 cm³/mol. The Morgan fingerprint density at radius 3 is 2.43 bits per heavy atom. The van der Waals surface area contributed by atoms with E-state index in [0.717, 1.165) is 28.8 Å². The second kappa shape index (κ2) is 8.44. The summed E-state index contributed by atoms with van der Waals surface area (Å²) in [5.41, 5.74) is 2.76. The number of halogens is 3. The van der Waals surface area contributed by atoms with Crippen molar-refractivity contribution in [1.29, 1.82) is 0 Å². The number of aryl methyl sites for hydroxylation is 2. The molecule has 0 atom stereocenters. The Balaban J connectivity index is 1.78. The standard InChI is InChI=1S/C22H19F3N2O3/c1-14-5-6-15(2)16(12-14)13-27-11-3-4-19(21(27)29)20(28)26-17-7-9-18(10-8-17)30-22(23,24)25/h3-12H,13H2,1-2H3,(H,26,28). The number of amides is 1. The first-order valence-corrected chi connectivity index (χ1v) is 9.05. The fraction of sp³-hybridized carbons (Fsp3) is 0.182. The third-order valence-electron chi connectivity index (χ3n) is 4.46. The Bertz CT molecular complexity index is 1120. The summed E-state index contributed by atoms with van der Waals surface area (Å²) in [6.07, 6.45) is -3.19. The zero-order valence-corrected chi connectivity index (χ0v) is 16.3. The molecular formula is C22H19F3N2O3. The van der Waals surface area contributed by atoms with Crippen LogP contribution in [0.3, 0.4) is 0 Å². The summed E-state index contributed by atoms with van der Waals surface area (Å²) >= 11 is 0. The average molecular weight is 416 g/mol. The van der Waals surface area contributed by atoms with Gasteiger partial charge >= 0.3 is 6.36 Å². The number of hydrogen-bond acceptors (Lipinski definition) is 3. The highest BCUT2D eigenvalue weighted by Gasteiger charge is 2.31. The van der Waals surface area contributed by atoms with E-state index in [1.807, 2.05) is 32.0 Å². The van der Waals surface area contributed by atoms with E-state index in [0.29, 0.717) is 6.54 Å². The van der Waals surface area contributed by atoms with E-state index in [1.54, 1.807) is 12.3 Å². The van der Waals surface area contributed by atoms with Crippen LogP contribution in [-0.4, -0.2) is 16.8 Å². The minimum atomic E-state index is -4.80. The highest BCUT2D eigenvalue weighted by molar-refractivity contribution is 6.04. The number of alkyl halides is 3. The van der Waals surface area contributed by atoms with Crippen LogP contribution in [0.5, 0.6) is 5.75 Å². The molecule has 0 aliphatic heterocycles. The lowest BCUT2D eigenvalue weighted by atomic mass is 10.1. The molecule has 1 N–H and O–H groups in total. The van der Waals surface area contributed by atoms with E-state index in [1.165, 1.54) is 22.8 Å². The molecule has 1 heterocycles. The van der Waals surface area contributed by atoms with Gasteiger partial charge in [0.25, 0.3) is 11.5 Å². The molecule has 1 aromatic heterocycles. The van der Waals surface area contributed by atoms with Crippen LogP contribution >= 0.6 is 0 Å². The van der Waals surface area contributed by atoms with Crippen molar-refractivity contribution in [2.24, 2.45) is 0 Å². The van der Waals surface area contributed by atoms with Gasteiger partial charge in [-0.3, -0.25) is 9.59 Å². The van der Waals surface area contributed by atoms with Crippen LogP contribution in [0.15, 0.2) is 65.6 Å². The topological polar surface area (TPSA) is 60.3 Å². The molecule has 5 nitrogen and oxygen atoms in total. The molecular weight excluding hydrogens is 397 g/mol. The second-order valence-electron chi connectivity index (χ2n) is 6.81. The monoisotopic (exact) mass is 416 g/mol. The van der Waals surface area contributed by atoms with Crippen LogP contribution in [0.4, 0.5) is 18.9 Å². The Labute approximate surface area is 170 Å². The van der Waals surface area contributed by atoms with Gasteiger partial charge in [0.05, 0.1) is 6.54 Å². The summed E-state index contributed by atoms with van der Waals surface area (Å²) in [4.78, 5) is 25.3. The van der Waals surface area contributed by atoms with Crippen LogP contribution in [0, 0.1) is 13.8 Å². The van der Waals surface area contributed by atoms with Gasteiger partial charge in [-0.1, -0.05) is 23.8 Å². The van der Waals surface area contributed by atoms with E-state index < -0.39 is 23.6 Å².